The zero-order chi connectivity index (χ0) is 24.3. The lowest BCUT2D eigenvalue weighted by Gasteiger charge is -2.32. The normalized spacial score (nSPS) is 20.4. The molecule has 2 aliphatic rings. The van der Waals surface area contributed by atoms with Crippen LogP contribution in [-0.4, -0.2) is 60.2 Å². The summed E-state index contributed by atoms with van der Waals surface area (Å²) >= 11 is 0. The molecule has 2 atom stereocenters. The Morgan fingerprint density at radius 2 is 2.09 bits per heavy atom. The Hall–Kier alpha value is -2.29. The molecule has 1 aliphatic carbocycles. The van der Waals surface area contributed by atoms with Gasteiger partial charge in [0.2, 0.25) is 0 Å². The van der Waals surface area contributed by atoms with Gasteiger partial charge in [-0.25, -0.2) is 14.6 Å². The van der Waals surface area contributed by atoms with Crippen LogP contribution in [0.4, 0.5) is 5.82 Å². The summed E-state index contributed by atoms with van der Waals surface area (Å²) in [6, 6.07) is 3.24. The first-order valence-corrected chi connectivity index (χ1v) is 16.1. The number of hydrogen-bond donors (Lipinski definition) is 0. The van der Waals surface area contributed by atoms with Crippen molar-refractivity contribution < 1.29 is 9.47 Å². The predicted octanol–water partition coefficient (Wildman–Crippen LogP) is 5.03. The number of anilines is 1. The molecule has 34 heavy (non-hydrogen) atoms. The van der Waals surface area contributed by atoms with E-state index in [0.29, 0.717) is 19.3 Å². The van der Waals surface area contributed by atoms with E-state index in [0.717, 1.165) is 55.1 Å². The highest BCUT2D eigenvalue weighted by molar-refractivity contribution is 6.76. The molecule has 0 N–H and O–H groups in total. The van der Waals surface area contributed by atoms with Gasteiger partial charge in [0.05, 0.1) is 29.8 Å². The van der Waals surface area contributed by atoms with Crippen molar-refractivity contribution >= 4 is 20.0 Å². The van der Waals surface area contributed by atoms with Gasteiger partial charge in [-0.15, -0.1) is 0 Å². The lowest BCUT2D eigenvalue weighted by Crippen LogP contribution is -2.41. The maximum Gasteiger partial charge on any atom is 0.140 e. The number of ether oxygens (including phenoxy) is 2. The zero-order valence-corrected chi connectivity index (χ0v) is 22.5. The van der Waals surface area contributed by atoms with E-state index in [4.69, 9.17) is 19.6 Å². The van der Waals surface area contributed by atoms with E-state index in [1.165, 1.54) is 11.1 Å². The van der Waals surface area contributed by atoms with Gasteiger partial charge in [-0.05, 0) is 45.2 Å². The highest BCUT2D eigenvalue weighted by Crippen LogP contribution is 2.33. The lowest BCUT2D eigenvalue weighted by molar-refractivity contribution is 0.0529. The number of nitrogens with zero attached hydrogens (tertiary/aromatic N) is 5. The molecule has 4 rings (SSSR count). The van der Waals surface area contributed by atoms with Gasteiger partial charge < -0.3 is 14.4 Å². The van der Waals surface area contributed by atoms with Crippen molar-refractivity contribution in [2.75, 3.05) is 31.2 Å². The monoisotopic (exact) mass is 481 g/mol. The molecule has 2 aromatic rings. The van der Waals surface area contributed by atoms with Gasteiger partial charge in [0, 0.05) is 39.4 Å². The van der Waals surface area contributed by atoms with E-state index >= 15 is 0 Å². The molecule has 1 aliphatic heterocycles. The minimum atomic E-state index is -1.15. The molecule has 3 heterocycles. The Bertz CT molecular complexity index is 1050. The molecule has 0 radical (unpaired) electrons. The third kappa shape index (κ3) is 6.23. The molecule has 0 saturated carbocycles. The second kappa shape index (κ2) is 10.5. The fraction of sp³-hybridized carbons (Fsp3) is 0.577. The van der Waals surface area contributed by atoms with Crippen LogP contribution in [0, 0.1) is 5.92 Å². The topological polar surface area (TPSA) is 65.3 Å². The Kier molecular flexibility index (Phi) is 7.69. The molecule has 0 amide bonds. The van der Waals surface area contributed by atoms with Crippen LogP contribution < -0.4 is 4.90 Å². The molecule has 1 saturated heterocycles. The molecule has 0 bridgehead atoms. The van der Waals surface area contributed by atoms with Crippen molar-refractivity contribution in [2.45, 2.75) is 65.7 Å². The van der Waals surface area contributed by atoms with Gasteiger partial charge in [-0.1, -0.05) is 37.4 Å². The quantitative estimate of drug-likeness (QED) is 0.299. The van der Waals surface area contributed by atoms with Gasteiger partial charge in [0.25, 0.3) is 0 Å². The summed E-state index contributed by atoms with van der Waals surface area (Å²) in [6.45, 7) is 17.1. The van der Waals surface area contributed by atoms with Crippen molar-refractivity contribution in [3.05, 3.63) is 41.4 Å². The van der Waals surface area contributed by atoms with Crippen molar-refractivity contribution in [1.82, 2.24) is 19.7 Å². The summed E-state index contributed by atoms with van der Waals surface area (Å²) in [5.74, 6) is 1.30. The van der Waals surface area contributed by atoms with Crippen molar-refractivity contribution in [3.8, 4) is 11.4 Å². The second-order valence-electron chi connectivity index (χ2n) is 10.9. The number of allylic oxidation sites excluding steroid dienone is 3. The summed E-state index contributed by atoms with van der Waals surface area (Å²) < 4.78 is 13.8. The number of hydrogen-bond acceptors (Lipinski definition) is 6. The number of rotatable bonds is 8. The summed E-state index contributed by atoms with van der Waals surface area (Å²) in [5, 5.41) is 4.93. The van der Waals surface area contributed by atoms with Crippen LogP contribution in [0.5, 0.6) is 0 Å². The Labute approximate surface area is 204 Å². The molecule has 1 fully saturated rings. The Morgan fingerprint density at radius 3 is 2.82 bits per heavy atom. The maximum atomic E-state index is 6.12. The SMILES string of the molecule is CC(C)=CC1C=Cc2nn(COCC[Si](C)(C)C)c(-c3cc(N4CCOC(C)C4)ncn3)c2C1. The van der Waals surface area contributed by atoms with Crippen molar-refractivity contribution in [3.63, 3.8) is 0 Å². The van der Waals surface area contributed by atoms with Gasteiger partial charge in [-0.2, -0.15) is 5.10 Å². The highest BCUT2D eigenvalue weighted by atomic mass is 28.3. The predicted molar refractivity (Wildman–Crippen MR) is 141 cm³/mol. The van der Waals surface area contributed by atoms with Crippen LogP contribution in [0.15, 0.2) is 30.1 Å². The summed E-state index contributed by atoms with van der Waals surface area (Å²) in [5.41, 5.74) is 5.52. The molecule has 184 valence electrons. The van der Waals surface area contributed by atoms with E-state index in [9.17, 15) is 0 Å². The molecule has 0 aromatic carbocycles. The maximum absolute atomic E-state index is 6.12. The molecular formula is C26H39N5O2Si. The van der Waals surface area contributed by atoms with Crippen LogP contribution in [0.2, 0.25) is 25.7 Å². The van der Waals surface area contributed by atoms with E-state index in [1.807, 2.05) is 4.68 Å². The highest BCUT2D eigenvalue weighted by Gasteiger charge is 2.25. The minimum absolute atomic E-state index is 0.195. The average molecular weight is 482 g/mol. The third-order valence-corrected chi connectivity index (χ3v) is 7.94. The smallest absolute Gasteiger partial charge is 0.140 e. The summed E-state index contributed by atoms with van der Waals surface area (Å²) in [7, 11) is -1.15. The fourth-order valence-electron chi connectivity index (χ4n) is 4.50. The van der Waals surface area contributed by atoms with Gasteiger partial charge in [-0.3, -0.25) is 0 Å². The summed E-state index contributed by atoms with van der Waals surface area (Å²) in [4.78, 5) is 11.6. The lowest BCUT2D eigenvalue weighted by atomic mass is 9.90. The summed E-state index contributed by atoms with van der Waals surface area (Å²) in [6.07, 6.45) is 9.51. The fourth-order valence-corrected chi connectivity index (χ4v) is 5.26. The van der Waals surface area contributed by atoms with Crippen LogP contribution in [-0.2, 0) is 22.6 Å². The van der Waals surface area contributed by atoms with Crippen LogP contribution in [0.3, 0.4) is 0 Å². The number of fused-ring (bicyclic) bond motifs is 1. The molecule has 8 heteroatoms. The molecule has 7 nitrogen and oxygen atoms in total. The van der Waals surface area contributed by atoms with E-state index in [2.05, 4.69) is 74.6 Å². The van der Waals surface area contributed by atoms with E-state index < -0.39 is 8.07 Å². The van der Waals surface area contributed by atoms with E-state index in [1.54, 1.807) is 6.33 Å². The van der Waals surface area contributed by atoms with Gasteiger partial charge in [0.1, 0.15) is 18.9 Å². The van der Waals surface area contributed by atoms with E-state index in [-0.39, 0.29) is 6.10 Å². The van der Waals surface area contributed by atoms with Crippen LogP contribution >= 0.6 is 0 Å². The number of aromatic nitrogens is 4. The molecular weight excluding hydrogens is 442 g/mol. The molecule has 0 spiro atoms. The first kappa shape index (κ1) is 24.8. The second-order valence-corrected chi connectivity index (χ2v) is 16.5. The molecule has 2 unspecified atom stereocenters. The zero-order valence-electron chi connectivity index (χ0n) is 21.5. The van der Waals surface area contributed by atoms with Crippen LogP contribution in [0.25, 0.3) is 17.5 Å². The van der Waals surface area contributed by atoms with Crippen molar-refractivity contribution in [1.29, 1.82) is 0 Å². The Morgan fingerprint density at radius 1 is 1.26 bits per heavy atom. The first-order chi connectivity index (χ1) is 16.2. The third-order valence-electron chi connectivity index (χ3n) is 6.24. The first-order valence-electron chi connectivity index (χ1n) is 12.4. The Balaban J connectivity index is 1.66. The average Bonchev–Trinajstić information content (AvgIpc) is 3.13. The molecule has 2 aromatic heterocycles. The number of morpholine rings is 1. The van der Waals surface area contributed by atoms with Gasteiger partial charge in [0.15, 0.2) is 0 Å². The van der Waals surface area contributed by atoms with Gasteiger partial charge >= 0.3 is 0 Å². The minimum Gasteiger partial charge on any atom is -0.375 e. The standard InChI is InChI=1S/C26H39N5O2Si/c1-19(2)13-21-7-8-23-22(14-21)26(31(29-23)18-32-11-12-34(4,5)6)24-15-25(28-17-27-24)30-9-10-33-20(3)16-30/h7-8,13,15,17,20-21H,9-12,14,16,18H2,1-6H3. The van der Waals surface area contributed by atoms with Crippen LogP contribution in [0.1, 0.15) is 32.0 Å². The van der Waals surface area contributed by atoms with Crippen molar-refractivity contribution in [2.24, 2.45) is 5.92 Å². The largest absolute Gasteiger partial charge is 0.375 e.